The summed E-state index contributed by atoms with van der Waals surface area (Å²) in [7, 11) is -2.99. The van der Waals surface area contributed by atoms with Crippen molar-refractivity contribution in [2.45, 2.75) is 24.8 Å². The molecule has 1 fully saturated rings. The van der Waals surface area contributed by atoms with Crippen LogP contribution in [0.4, 0.5) is 4.39 Å². The van der Waals surface area contributed by atoms with Gasteiger partial charge in [-0.2, -0.15) is 16.9 Å². The molecule has 9 heteroatoms. The molecule has 2 aromatic rings. The number of halogens is 1. The third-order valence-corrected chi connectivity index (χ3v) is 6.05. The van der Waals surface area contributed by atoms with Crippen LogP contribution in [-0.2, 0) is 22.2 Å². The second-order valence-electron chi connectivity index (χ2n) is 5.62. The molecule has 0 radical (unpaired) electrons. The first-order valence-electron chi connectivity index (χ1n) is 7.49. The Labute approximate surface area is 144 Å². The van der Waals surface area contributed by atoms with Crippen molar-refractivity contribution in [2.24, 2.45) is 0 Å². The standard InChI is InChI=1S/C15H18FN3O3S2/c1-23-9-15-17-14(8-22-13-4-2-11(16)3-5-13)18-19(15)12-6-7-24(20,21)10-12/h2-5,12H,6-10H2,1H3/t12-/m1/s1. The van der Waals surface area contributed by atoms with Gasteiger partial charge in [0.15, 0.2) is 15.7 Å². The van der Waals surface area contributed by atoms with Crippen LogP contribution in [-0.4, -0.2) is 40.9 Å². The van der Waals surface area contributed by atoms with Gasteiger partial charge in [-0.3, -0.25) is 0 Å². The van der Waals surface area contributed by atoms with Crippen molar-refractivity contribution < 1.29 is 17.5 Å². The van der Waals surface area contributed by atoms with Gasteiger partial charge in [0.05, 0.1) is 23.3 Å². The minimum atomic E-state index is -2.99. The molecule has 1 aliphatic heterocycles. The molecule has 0 saturated carbocycles. The molecule has 0 aliphatic carbocycles. The van der Waals surface area contributed by atoms with Crippen LogP contribution in [0.1, 0.15) is 24.1 Å². The summed E-state index contributed by atoms with van der Waals surface area (Å²) < 4.78 is 43.6. The molecule has 1 aromatic heterocycles. The number of nitrogens with zero attached hydrogens (tertiary/aromatic N) is 3. The zero-order valence-electron chi connectivity index (χ0n) is 13.2. The van der Waals surface area contributed by atoms with Crippen LogP contribution in [0.25, 0.3) is 0 Å². The van der Waals surface area contributed by atoms with Crippen molar-refractivity contribution in [1.82, 2.24) is 14.8 Å². The van der Waals surface area contributed by atoms with E-state index in [0.717, 1.165) is 5.82 Å². The predicted octanol–water partition coefficient (Wildman–Crippen LogP) is 2.22. The van der Waals surface area contributed by atoms with Gasteiger partial charge in [-0.05, 0) is 36.9 Å². The van der Waals surface area contributed by atoms with E-state index in [1.54, 1.807) is 28.6 Å². The van der Waals surface area contributed by atoms with Gasteiger partial charge in [-0.1, -0.05) is 0 Å². The third-order valence-electron chi connectivity index (χ3n) is 3.76. The van der Waals surface area contributed by atoms with Crippen LogP contribution in [0.2, 0.25) is 0 Å². The highest BCUT2D eigenvalue weighted by atomic mass is 32.2. The maximum absolute atomic E-state index is 12.9. The normalized spacial score (nSPS) is 19.5. The summed E-state index contributed by atoms with van der Waals surface area (Å²) in [5.74, 6) is 2.40. The van der Waals surface area contributed by atoms with Gasteiger partial charge in [0.2, 0.25) is 0 Å². The van der Waals surface area contributed by atoms with Gasteiger partial charge in [0.25, 0.3) is 0 Å². The van der Waals surface area contributed by atoms with Crippen LogP contribution in [0.5, 0.6) is 5.75 Å². The summed E-state index contributed by atoms with van der Waals surface area (Å²) in [6.07, 6.45) is 2.52. The van der Waals surface area contributed by atoms with Gasteiger partial charge >= 0.3 is 0 Å². The Morgan fingerprint density at radius 3 is 2.75 bits per heavy atom. The molecule has 0 amide bonds. The highest BCUT2D eigenvalue weighted by Crippen LogP contribution is 2.25. The summed E-state index contributed by atoms with van der Waals surface area (Å²) in [4.78, 5) is 4.46. The van der Waals surface area contributed by atoms with Crippen molar-refractivity contribution in [1.29, 1.82) is 0 Å². The van der Waals surface area contributed by atoms with Crippen molar-refractivity contribution >= 4 is 21.6 Å². The second-order valence-corrected chi connectivity index (χ2v) is 8.72. The first-order valence-corrected chi connectivity index (χ1v) is 10.7. The minimum Gasteiger partial charge on any atom is -0.486 e. The second kappa shape index (κ2) is 7.10. The average molecular weight is 371 g/mol. The first-order chi connectivity index (χ1) is 11.5. The Kier molecular flexibility index (Phi) is 5.09. The SMILES string of the molecule is CSCc1nc(COc2ccc(F)cc2)nn1[C@@H]1CCS(=O)(=O)C1. The van der Waals surface area contributed by atoms with Crippen LogP contribution in [0.15, 0.2) is 24.3 Å². The van der Waals surface area contributed by atoms with Crippen molar-refractivity contribution in [3.63, 3.8) is 0 Å². The van der Waals surface area contributed by atoms with Crippen molar-refractivity contribution in [3.05, 3.63) is 41.7 Å². The summed E-state index contributed by atoms with van der Waals surface area (Å²) in [6.45, 7) is 0.152. The number of sulfone groups is 1. The number of hydrogen-bond acceptors (Lipinski definition) is 6. The van der Waals surface area contributed by atoms with E-state index >= 15 is 0 Å². The lowest BCUT2D eigenvalue weighted by Crippen LogP contribution is -2.15. The van der Waals surface area contributed by atoms with E-state index in [0.29, 0.717) is 23.7 Å². The molecule has 130 valence electrons. The average Bonchev–Trinajstić information content (AvgIpc) is 3.10. The van der Waals surface area contributed by atoms with Gasteiger partial charge in [0.1, 0.15) is 24.0 Å². The number of rotatable bonds is 6. The summed E-state index contributed by atoms with van der Waals surface area (Å²) >= 11 is 1.60. The molecule has 1 saturated heterocycles. The molecule has 0 N–H and O–H groups in total. The lowest BCUT2D eigenvalue weighted by molar-refractivity contribution is 0.293. The highest BCUT2D eigenvalue weighted by Gasteiger charge is 2.31. The van der Waals surface area contributed by atoms with Crippen LogP contribution in [0, 0.1) is 5.82 Å². The largest absolute Gasteiger partial charge is 0.486 e. The van der Waals surface area contributed by atoms with E-state index in [-0.39, 0.29) is 30.0 Å². The maximum atomic E-state index is 12.9. The number of hydrogen-bond donors (Lipinski definition) is 0. The lowest BCUT2D eigenvalue weighted by atomic mass is 10.3. The van der Waals surface area contributed by atoms with Gasteiger partial charge in [-0.25, -0.2) is 22.5 Å². The van der Waals surface area contributed by atoms with E-state index in [2.05, 4.69) is 10.1 Å². The van der Waals surface area contributed by atoms with E-state index < -0.39 is 9.84 Å². The lowest BCUT2D eigenvalue weighted by Gasteiger charge is -2.10. The fourth-order valence-corrected chi connectivity index (χ4v) is 4.78. The van der Waals surface area contributed by atoms with Crippen molar-refractivity contribution in [3.8, 4) is 5.75 Å². The fourth-order valence-electron chi connectivity index (χ4n) is 2.63. The van der Waals surface area contributed by atoms with E-state index in [4.69, 9.17) is 4.74 Å². The molecule has 0 unspecified atom stereocenters. The van der Waals surface area contributed by atoms with Crippen LogP contribution < -0.4 is 4.74 Å². The molecule has 1 atom stereocenters. The number of aromatic nitrogens is 3. The monoisotopic (exact) mass is 371 g/mol. The number of ether oxygens (including phenoxy) is 1. The summed E-state index contributed by atoms with van der Waals surface area (Å²) in [5.41, 5.74) is 0. The molecule has 6 nitrogen and oxygen atoms in total. The van der Waals surface area contributed by atoms with E-state index in [1.165, 1.54) is 12.1 Å². The fraction of sp³-hybridized carbons (Fsp3) is 0.467. The molecule has 1 aromatic carbocycles. The van der Waals surface area contributed by atoms with Gasteiger partial charge < -0.3 is 4.74 Å². The molecule has 0 bridgehead atoms. The summed E-state index contributed by atoms with van der Waals surface area (Å²) in [6, 6.07) is 5.56. The Morgan fingerprint density at radius 1 is 1.38 bits per heavy atom. The minimum absolute atomic E-state index is 0.107. The Hall–Kier alpha value is -1.61. The zero-order valence-corrected chi connectivity index (χ0v) is 14.8. The molecule has 3 rings (SSSR count). The van der Waals surface area contributed by atoms with Crippen LogP contribution >= 0.6 is 11.8 Å². The molecule has 2 heterocycles. The van der Waals surface area contributed by atoms with E-state index in [9.17, 15) is 12.8 Å². The number of thioether (sulfide) groups is 1. The first kappa shape index (κ1) is 17.2. The smallest absolute Gasteiger partial charge is 0.188 e. The summed E-state index contributed by atoms with van der Waals surface area (Å²) in [5, 5.41) is 4.44. The van der Waals surface area contributed by atoms with Gasteiger partial charge in [0, 0.05) is 0 Å². The van der Waals surface area contributed by atoms with E-state index in [1.807, 2.05) is 6.26 Å². The molecular formula is C15H18FN3O3S2. The Morgan fingerprint density at radius 2 is 2.12 bits per heavy atom. The number of benzene rings is 1. The maximum Gasteiger partial charge on any atom is 0.188 e. The quantitative estimate of drug-likeness (QED) is 0.775. The molecular weight excluding hydrogens is 353 g/mol. The molecule has 24 heavy (non-hydrogen) atoms. The van der Waals surface area contributed by atoms with Gasteiger partial charge in [-0.15, -0.1) is 0 Å². The molecule has 0 spiro atoms. The van der Waals surface area contributed by atoms with Crippen LogP contribution in [0.3, 0.4) is 0 Å². The topological polar surface area (TPSA) is 74.1 Å². The third kappa shape index (κ3) is 4.07. The highest BCUT2D eigenvalue weighted by molar-refractivity contribution is 7.97. The zero-order chi connectivity index (χ0) is 17.2. The Balaban J connectivity index is 1.74. The molecule has 1 aliphatic rings. The predicted molar refractivity (Wildman–Crippen MR) is 90.3 cm³/mol. The Bertz CT molecular complexity index is 806. The van der Waals surface area contributed by atoms with Crippen molar-refractivity contribution in [2.75, 3.05) is 17.8 Å².